The first-order valence-electron chi connectivity index (χ1n) is 11.7. The summed E-state index contributed by atoms with van der Waals surface area (Å²) in [7, 11) is 0. The van der Waals surface area contributed by atoms with Gasteiger partial charge in [-0.3, -0.25) is 0 Å². The Morgan fingerprint density at radius 1 is 0.694 bits per heavy atom. The second-order valence-electron chi connectivity index (χ2n) is 8.53. The van der Waals surface area contributed by atoms with E-state index in [1.165, 1.54) is 17.7 Å². The number of halogens is 4. The first kappa shape index (κ1) is 25.3. The van der Waals surface area contributed by atoms with E-state index in [-0.39, 0.29) is 11.6 Å². The maximum atomic E-state index is 15.2. The monoisotopic (exact) mass is 494 g/mol. The van der Waals surface area contributed by atoms with Crippen molar-refractivity contribution in [1.82, 2.24) is 0 Å². The van der Waals surface area contributed by atoms with E-state index in [4.69, 9.17) is 4.74 Å². The molecule has 0 aliphatic carbocycles. The third-order valence-electron chi connectivity index (χ3n) is 5.93. The molecule has 0 atom stereocenters. The highest BCUT2D eigenvalue weighted by molar-refractivity contribution is 5.84. The predicted molar refractivity (Wildman–Crippen MR) is 134 cm³/mol. The minimum Gasteiger partial charge on any atom is -0.490 e. The van der Waals surface area contributed by atoms with Crippen LogP contribution < -0.4 is 9.47 Å². The largest absolute Gasteiger partial charge is 0.573 e. The molecule has 36 heavy (non-hydrogen) atoms. The summed E-state index contributed by atoms with van der Waals surface area (Å²) in [5.41, 5.74) is 3.70. The van der Waals surface area contributed by atoms with Crippen molar-refractivity contribution < 1.29 is 27.0 Å². The Bertz CT molecular complexity index is 1310. The lowest BCUT2D eigenvalue weighted by atomic mass is 9.97. The van der Waals surface area contributed by atoms with Crippen LogP contribution in [0, 0.1) is 5.82 Å². The van der Waals surface area contributed by atoms with Gasteiger partial charge in [-0.2, -0.15) is 0 Å². The van der Waals surface area contributed by atoms with Crippen molar-refractivity contribution in [3.63, 3.8) is 0 Å². The highest BCUT2D eigenvalue weighted by atomic mass is 19.4. The van der Waals surface area contributed by atoms with Gasteiger partial charge in [0.25, 0.3) is 0 Å². The molecule has 0 aromatic heterocycles. The van der Waals surface area contributed by atoms with Gasteiger partial charge in [-0.05, 0) is 77.6 Å². The predicted octanol–water partition coefficient (Wildman–Crippen LogP) is 8.01. The molecule has 0 unspecified atom stereocenters. The van der Waals surface area contributed by atoms with Crippen LogP contribution in [0.4, 0.5) is 17.6 Å². The van der Waals surface area contributed by atoms with Crippen LogP contribution in [0.25, 0.3) is 10.8 Å². The van der Waals surface area contributed by atoms with Gasteiger partial charge in [0.1, 0.15) is 23.9 Å². The van der Waals surface area contributed by atoms with Gasteiger partial charge in [-0.15, -0.1) is 13.2 Å². The maximum absolute atomic E-state index is 15.2. The van der Waals surface area contributed by atoms with E-state index in [0.29, 0.717) is 30.4 Å². The first-order valence-corrected chi connectivity index (χ1v) is 11.7. The van der Waals surface area contributed by atoms with Crippen LogP contribution >= 0.6 is 0 Å². The molecule has 4 aromatic rings. The smallest absolute Gasteiger partial charge is 0.490 e. The normalized spacial score (nSPS) is 11.4. The number of benzene rings is 4. The zero-order chi connectivity index (χ0) is 25.5. The van der Waals surface area contributed by atoms with E-state index in [2.05, 4.69) is 11.3 Å². The Morgan fingerprint density at radius 2 is 1.28 bits per heavy atom. The van der Waals surface area contributed by atoms with Crippen LogP contribution in [0.1, 0.15) is 22.3 Å². The van der Waals surface area contributed by atoms with Crippen LogP contribution in [0.15, 0.2) is 91.5 Å². The van der Waals surface area contributed by atoms with E-state index in [1.54, 1.807) is 24.3 Å². The van der Waals surface area contributed by atoms with Gasteiger partial charge in [0.2, 0.25) is 0 Å². The van der Waals surface area contributed by atoms with Crippen molar-refractivity contribution in [1.29, 1.82) is 0 Å². The summed E-state index contributed by atoms with van der Waals surface area (Å²) in [6, 6.07) is 23.1. The summed E-state index contributed by atoms with van der Waals surface area (Å²) in [5, 5.41) is 1.41. The molecule has 4 rings (SSSR count). The van der Waals surface area contributed by atoms with E-state index in [9.17, 15) is 13.2 Å². The number of alkyl halides is 3. The first-order chi connectivity index (χ1) is 17.3. The molecular weight excluding hydrogens is 468 g/mol. The molecule has 0 heterocycles. The summed E-state index contributed by atoms with van der Waals surface area (Å²) >= 11 is 0. The number of hydrogen-bond donors (Lipinski definition) is 0. The van der Waals surface area contributed by atoms with E-state index < -0.39 is 6.36 Å². The average Bonchev–Trinajstić information content (AvgIpc) is 2.86. The van der Waals surface area contributed by atoms with Crippen molar-refractivity contribution in [2.45, 2.75) is 32.0 Å². The van der Waals surface area contributed by atoms with Crippen molar-refractivity contribution >= 4 is 10.8 Å². The Hall–Kier alpha value is -3.80. The summed E-state index contributed by atoms with van der Waals surface area (Å²) in [4.78, 5) is 0. The molecule has 0 aliphatic rings. The standard InChI is InChI=1S/C30H26F4O2/c1-2-19-35-26-14-6-21(7-15-26)3-4-23-10-18-28-25(20-23)13-12-24(29(28)31)11-5-22-8-16-27(17-9-22)36-30(32,33)34/h2,6-10,12-18,20H,1,3-5,11,19H2. The molecule has 186 valence electrons. The molecule has 0 N–H and O–H groups in total. The molecule has 0 amide bonds. The van der Waals surface area contributed by atoms with Crippen molar-refractivity contribution in [2.24, 2.45) is 0 Å². The highest BCUT2D eigenvalue weighted by Crippen LogP contribution is 2.26. The van der Waals surface area contributed by atoms with Gasteiger partial charge < -0.3 is 9.47 Å². The molecule has 0 spiro atoms. The number of aryl methyl sites for hydroxylation is 4. The molecule has 2 nitrogen and oxygen atoms in total. The maximum Gasteiger partial charge on any atom is 0.573 e. The molecular formula is C30H26F4O2. The highest BCUT2D eigenvalue weighted by Gasteiger charge is 2.30. The molecule has 0 aliphatic heterocycles. The number of rotatable bonds is 10. The molecule has 0 saturated carbocycles. The summed E-state index contributed by atoms with van der Waals surface area (Å²) < 4.78 is 61.5. The van der Waals surface area contributed by atoms with Crippen LogP contribution in [0.5, 0.6) is 11.5 Å². The Morgan fingerprint density at radius 3 is 1.92 bits per heavy atom. The average molecular weight is 495 g/mol. The van der Waals surface area contributed by atoms with Crippen LogP contribution in [-0.4, -0.2) is 13.0 Å². The number of ether oxygens (including phenoxy) is 2. The fraction of sp³-hybridized carbons (Fsp3) is 0.200. The molecule has 4 aromatic carbocycles. The third kappa shape index (κ3) is 6.87. The van der Waals surface area contributed by atoms with Crippen LogP contribution in [-0.2, 0) is 25.7 Å². The second kappa shape index (κ2) is 11.3. The minimum absolute atomic E-state index is 0.258. The second-order valence-corrected chi connectivity index (χ2v) is 8.53. The molecule has 0 bridgehead atoms. The Balaban J connectivity index is 1.37. The zero-order valence-corrected chi connectivity index (χ0v) is 19.7. The Labute approximate surface area is 207 Å². The fourth-order valence-electron chi connectivity index (χ4n) is 4.07. The van der Waals surface area contributed by atoms with Gasteiger partial charge in [0.15, 0.2) is 0 Å². The van der Waals surface area contributed by atoms with Gasteiger partial charge in [0.05, 0.1) is 0 Å². The minimum atomic E-state index is -4.72. The molecule has 0 saturated heterocycles. The van der Waals surface area contributed by atoms with E-state index in [1.807, 2.05) is 48.5 Å². The topological polar surface area (TPSA) is 18.5 Å². The number of hydrogen-bond acceptors (Lipinski definition) is 2. The summed E-state index contributed by atoms with van der Waals surface area (Å²) in [6.45, 7) is 4.11. The molecule has 0 fully saturated rings. The zero-order valence-electron chi connectivity index (χ0n) is 19.7. The van der Waals surface area contributed by atoms with Gasteiger partial charge in [-0.25, -0.2) is 4.39 Å². The van der Waals surface area contributed by atoms with E-state index >= 15 is 4.39 Å². The number of fused-ring (bicyclic) bond motifs is 1. The van der Waals surface area contributed by atoms with Crippen molar-refractivity contribution in [3.05, 3.63) is 120 Å². The van der Waals surface area contributed by atoms with E-state index in [0.717, 1.165) is 35.1 Å². The van der Waals surface area contributed by atoms with Crippen LogP contribution in [0.3, 0.4) is 0 Å². The molecule has 6 heteroatoms. The van der Waals surface area contributed by atoms with Crippen molar-refractivity contribution in [3.8, 4) is 11.5 Å². The lowest BCUT2D eigenvalue weighted by Crippen LogP contribution is -2.17. The van der Waals surface area contributed by atoms with Gasteiger partial charge >= 0.3 is 6.36 Å². The third-order valence-corrected chi connectivity index (χ3v) is 5.93. The summed E-state index contributed by atoms with van der Waals surface area (Å²) in [6.07, 6.45) is -0.374. The lowest BCUT2D eigenvalue weighted by Gasteiger charge is -2.11. The Kier molecular flexibility index (Phi) is 7.93. The van der Waals surface area contributed by atoms with Gasteiger partial charge in [-0.1, -0.05) is 67.3 Å². The molecule has 0 radical (unpaired) electrons. The fourth-order valence-corrected chi connectivity index (χ4v) is 4.07. The quantitative estimate of drug-likeness (QED) is 0.164. The van der Waals surface area contributed by atoms with Gasteiger partial charge in [0, 0.05) is 5.39 Å². The van der Waals surface area contributed by atoms with Crippen LogP contribution in [0.2, 0.25) is 0 Å². The van der Waals surface area contributed by atoms with Crippen molar-refractivity contribution in [2.75, 3.05) is 6.61 Å². The summed E-state index contributed by atoms with van der Waals surface area (Å²) in [5.74, 6) is 0.280. The SMILES string of the molecule is C=CCOc1ccc(CCc2ccc3c(F)c(CCc4ccc(OC(F)(F)F)cc4)ccc3c2)cc1. The lowest BCUT2D eigenvalue weighted by molar-refractivity contribution is -0.274.